The number of rotatable bonds is 3. The molecule has 2 aliphatic heterocycles. The average Bonchev–Trinajstić information content (AvgIpc) is 2.79. The van der Waals surface area contributed by atoms with Gasteiger partial charge in [0.05, 0.1) is 18.0 Å². The summed E-state index contributed by atoms with van der Waals surface area (Å²) in [6, 6.07) is 7.45. The summed E-state index contributed by atoms with van der Waals surface area (Å²) >= 11 is 0. The number of nitrogens with one attached hydrogen (secondary N) is 2. The van der Waals surface area contributed by atoms with Gasteiger partial charge in [0.1, 0.15) is 11.8 Å². The third kappa shape index (κ3) is 4.41. The second-order valence-corrected chi connectivity index (χ2v) is 8.04. The van der Waals surface area contributed by atoms with E-state index in [0.717, 1.165) is 44.7 Å². The van der Waals surface area contributed by atoms with Crippen molar-refractivity contribution in [3.63, 3.8) is 0 Å². The summed E-state index contributed by atoms with van der Waals surface area (Å²) in [5, 5.41) is 16.4. The van der Waals surface area contributed by atoms with E-state index in [1.54, 1.807) is 12.1 Å². The number of aliphatic imine (C=N–C) groups is 1. The zero-order valence-electron chi connectivity index (χ0n) is 17.1. The fourth-order valence-electron chi connectivity index (χ4n) is 4.21. The number of nitrogen functional groups attached to an aromatic ring is 1. The number of nitrogens with zero attached hydrogens (tertiary/aromatic N) is 3. The van der Waals surface area contributed by atoms with E-state index < -0.39 is 5.97 Å². The number of nitriles is 1. The van der Waals surface area contributed by atoms with Gasteiger partial charge in [-0.25, -0.2) is 9.79 Å². The second kappa shape index (κ2) is 9.18. The lowest BCUT2D eigenvalue weighted by atomic mass is 9.90. The van der Waals surface area contributed by atoms with Gasteiger partial charge in [-0.05, 0) is 37.0 Å². The van der Waals surface area contributed by atoms with E-state index in [0.29, 0.717) is 35.4 Å². The average molecular weight is 409 g/mol. The van der Waals surface area contributed by atoms with Crippen molar-refractivity contribution in [2.75, 3.05) is 43.8 Å². The molecule has 0 unspecified atom stereocenters. The second-order valence-electron chi connectivity index (χ2n) is 8.04. The van der Waals surface area contributed by atoms with E-state index in [2.05, 4.69) is 21.6 Å². The van der Waals surface area contributed by atoms with Gasteiger partial charge in [-0.1, -0.05) is 19.3 Å². The minimum Gasteiger partial charge on any atom is -0.461 e. The van der Waals surface area contributed by atoms with Crippen molar-refractivity contribution in [3.05, 3.63) is 29.5 Å². The summed E-state index contributed by atoms with van der Waals surface area (Å²) in [6.07, 6.45) is 5.74. The molecule has 30 heavy (non-hydrogen) atoms. The first-order chi connectivity index (χ1) is 14.7. The fourth-order valence-corrected chi connectivity index (χ4v) is 4.21. The van der Waals surface area contributed by atoms with Crippen molar-refractivity contribution in [3.8, 4) is 6.07 Å². The first kappa shape index (κ1) is 20.2. The van der Waals surface area contributed by atoms with Crippen molar-refractivity contribution in [2.24, 2.45) is 10.9 Å². The molecular formula is C22H28N6O2. The van der Waals surface area contributed by atoms with Crippen LogP contribution in [0.4, 0.5) is 17.1 Å². The maximum absolute atomic E-state index is 12.9. The van der Waals surface area contributed by atoms with Gasteiger partial charge in [0.25, 0.3) is 0 Å². The Labute approximate surface area is 176 Å². The van der Waals surface area contributed by atoms with Crippen LogP contribution in [-0.2, 0) is 9.53 Å². The molecule has 4 N–H and O–H groups in total. The molecule has 1 aromatic rings. The predicted octanol–water partition coefficient (Wildman–Crippen LogP) is 2.53. The smallest absolute Gasteiger partial charge is 0.351 e. The molecule has 1 saturated heterocycles. The summed E-state index contributed by atoms with van der Waals surface area (Å²) in [5.41, 5.74) is 8.26. The van der Waals surface area contributed by atoms with Crippen LogP contribution < -0.4 is 16.4 Å². The number of anilines is 2. The topological polar surface area (TPSA) is 116 Å². The Morgan fingerprint density at radius 2 is 2.03 bits per heavy atom. The first-order valence-electron chi connectivity index (χ1n) is 10.7. The third-order valence-electron chi connectivity index (χ3n) is 5.89. The number of ether oxygens (including phenoxy) is 1. The minimum absolute atomic E-state index is 0.0452. The van der Waals surface area contributed by atoms with Crippen molar-refractivity contribution in [2.45, 2.75) is 32.1 Å². The molecule has 8 nitrogen and oxygen atoms in total. The molecule has 1 aliphatic carbocycles. The lowest BCUT2D eigenvalue weighted by molar-refractivity contribution is -0.140. The van der Waals surface area contributed by atoms with E-state index in [1.165, 1.54) is 19.3 Å². The number of hydrogen-bond acceptors (Lipinski definition) is 8. The van der Waals surface area contributed by atoms with Gasteiger partial charge in [-0.15, -0.1) is 0 Å². The van der Waals surface area contributed by atoms with Crippen LogP contribution in [0.2, 0.25) is 0 Å². The summed E-state index contributed by atoms with van der Waals surface area (Å²) < 4.78 is 5.57. The van der Waals surface area contributed by atoms with Crippen LogP contribution in [-0.4, -0.2) is 49.5 Å². The lowest BCUT2D eigenvalue weighted by Crippen LogP contribution is -2.48. The molecule has 2 fully saturated rings. The van der Waals surface area contributed by atoms with Crippen LogP contribution in [0.5, 0.6) is 0 Å². The summed E-state index contributed by atoms with van der Waals surface area (Å²) in [4.78, 5) is 19.7. The lowest BCUT2D eigenvalue weighted by Gasteiger charge is -2.34. The molecule has 1 aromatic carbocycles. The fraction of sp³-hybridized carbons (Fsp3) is 0.500. The van der Waals surface area contributed by atoms with E-state index in [4.69, 9.17) is 15.5 Å². The summed E-state index contributed by atoms with van der Waals surface area (Å²) in [7, 11) is 0. The van der Waals surface area contributed by atoms with Gasteiger partial charge in [0, 0.05) is 31.9 Å². The Kier molecular flexibility index (Phi) is 6.19. The van der Waals surface area contributed by atoms with E-state index in [9.17, 15) is 10.1 Å². The maximum atomic E-state index is 12.9. The molecule has 4 rings (SSSR count). The SMILES string of the molecule is N#C/C(C(=O)OCC1CCCCC1)=C1\Nc2cc(N)ccc2N=C1N1CCNCC1. The number of hydrogen-bond donors (Lipinski definition) is 3. The summed E-state index contributed by atoms with van der Waals surface area (Å²) in [5.74, 6) is 0.384. The van der Waals surface area contributed by atoms with Crippen LogP contribution >= 0.6 is 0 Å². The van der Waals surface area contributed by atoms with Crippen LogP contribution in [0.25, 0.3) is 0 Å². The normalized spacial score (nSPS) is 21.0. The third-order valence-corrected chi connectivity index (χ3v) is 5.89. The molecule has 158 valence electrons. The molecule has 0 bridgehead atoms. The monoisotopic (exact) mass is 408 g/mol. The molecule has 0 aromatic heterocycles. The van der Waals surface area contributed by atoms with Crippen molar-refractivity contribution in [1.82, 2.24) is 10.2 Å². The van der Waals surface area contributed by atoms with E-state index in [-0.39, 0.29) is 5.57 Å². The highest BCUT2D eigenvalue weighted by atomic mass is 16.5. The Morgan fingerprint density at radius 3 is 2.77 bits per heavy atom. The zero-order valence-corrected chi connectivity index (χ0v) is 17.1. The van der Waals surface area contributed by atoms with Crippen LogP contribution in [0.1, 0.15) is 32.1 Å². The minimum atomic E-state index is -0.597. The van der Waals surface area contributed by atoms with Gasteiger partial charge in [0.2, 0.25) is 0 Å². The van der Waals surface area contributed by atoms with Gasteiger partial charge in [-0.2, -0.15) is 5.26 Å². The molecule has 0 radical (unpaired) electrons. The highest BCUT2D eigenvalue weighted by Crippen LogP contribution is 2.34. The number of nitrogens with two attached hydrogens (primary N) is 1. The Morgan fingerprint density at radius 1 is 1.27 bits per heavy atom. The number of piperazine rings is 1. The number of carbonyl (C=O) groups excluding carboxylic acids is 1. The summed E-state index contributed by atoms with van der Waals surface area (Å²) in [6.45, 7) is 3.47. The Balaban J connectivity index is 1.63. The van der Waals surface area contributed by atoms with Crippen LogP contribution in [0.15, 0.2) is 34.5 Å². The van der Waals surface area contributed by atoms with Gasteiger partial charge < -0.3 is 26.0 Å². The number of carbonyl (C=O) groups is 1. The number of benzene rings is 1. The zero-order chi connectivity index (χ0) is 20.9. The standard InChI is InChI=1S/C22H28N6O2/c23-13-17(22(29)30-14-15-4-2-1-3-5-15)20-21(28-10-8-25-9-11-28)27-18-7-6-16(24)12-19(18)26-20/h6-7,12,15,25-26H,1-5,8-11,14,24H2/b20-17+. The quantitative estimate of drug-likeness (QED) is 0.305. The van der Waals surface area contributed by atoms with Crippen molar-refractivity contribution in [1.29, 1.82) is 5.26 Å². The number of fused-ring (bicyclic) bond motifs is 1. The molecule has 0 atom stereocenters. The molecular weight excluding hydrogens is 380 g/mol. The van der Waals surface area contributed by atoms with Gasteiger partial charge in [-0.3, -0.25) is 0 Å². The van der Waals surface area contributed by atoms with Crippen molar-refractivity contribution >= 4 is 28.9 Å². The van der Waals surface area contributed by atoms with E-state index in [1.807, 2.05) is 6.07 Å². The highest BCUT2D eigenvalue weighted by molar-refractivity contribution is 6.12. The van der Waals surface area contributed by atoms with Gasteiger partial charge in [0.15, 0.2) is 11.4 Å². The van der Waals surface area contributed by atoms with Crippen LogP contribution in [0.3, 0.4) is 0 Å². The molecule has 2 heterocycles. The molecule has 8 heteroatoms. The highest BCUT2D eigenvalue weighted by Gasteiger charge is 2.30. The molecule has 1 saturated carbocycles. The maximum Gasteiger partial charge on any atom is 0.351 e. The number of amidine groups is 1. The number of esters is 1. The molecule has 0 spiro atoms. The first-order valence-corrected chi connectivity index (χ1v) is 10.7. The predicted molar refractivity (Wildman–Crippen MR) is 116 cm³/mol. The Bertz CT molecular complexity index is 905. The van der Waals surface area contributed by atoms with Crippen molar-refractivity contribution < 1.29 is 9.53 Å². The van der Waals surface area contributed by atoms with E-state index >= 15 is 0 Å². The van der Waals surface area contributed by atoms with Gasteiger partial charge >= 0.3 is 5.97 Å². The van der Waals surface area contributed by atoms with Crippen LogP contribution in [0, 0.1) is 17.2 Å². The Hall–Kier alpha value is -3.05. The molecule has 3 aliphatic rings. The molecule has 0 amide bonds. The largest absolute Gasteiger partial charge is 0.461 e.